The minimum atomic E-state index is -0.716. The van der Waals surface area contributed by atoms with Crippen molar-refractivity contribution < 1.29 is 19.8 Å². The van der Waals surface area contributed by atoms with Crippen molar-refractivity contribution in [3.8, 4) is 0 Å². The molecular weight excluding hydrogens is 763 g/mol. The molecule has 0 saturated carbocycles. The van der Waals surface area contributed by atoms with Crippen LogP contribution in [0.15, 0.2) is 73.8 Å². The lowest BCUT2D eigenvalue weighted by Crippen LogP contribution is -2.39. The van der Waals surface area contributed by atoms with Crippen molar-refractivity contribution in [1.82, 2.24) is 44.1 Å². The molecule has 0 unspecified atom stereocenters. The molecule has 0 aliphatic heterocycles. The van der Waals surface area contributed by atoms with Crippen LogP contribution < -0.4 is 10.6 Å². The number of aliphatic hydroxyl groups is 1. The molecule has 0 aromatic carbocycles. The Balaban J connectivity index is 0.000000150. The van der Waals surface area contributed by atoms with Gasteiger partial charge in [0.15, 0.2) is 0 Å². The first kappa shape index (κ1) is 36.6. The maximum atomic E-state index is 12.9. The third kappa shape index (κ3) is 7.13. The van der Waals surface area contributed by atoms with Crippen LogP contribution in [0.1, 0.15) is 40.6 Å². The monoisotopic (exact) mass is 801 g/mol. The van der Waals surface area contributed by atoms with E-state index in [4.69, 9.17) is 0 Å². The molecule has 2 atom stereocenters. The molecule has 0 spiro atoms. The summed E-state index contributed by atoms with van der Waals surface area (Å²) in [6, 6.07) is 11.9. The van der Waals surface area contributed by atoms with Gasteiger partial charge in [-0.15, -0.1) is 22.7 Å². The first-order valence-corrected chi connectivity index (χ1v) is 20.5. The van der Waals surface area contributed by atoms with Crippen LogP contribution in [0.3, 0.4) is 0 Å². The molecule has 0 fully saturated rings. The molecule has 10 rings (SSSR count). The number of rotatable bonds is 9. The smallest absolute Gasteiger partial charge is 0.306 e. The van der Waals surface area contributed by atoms with Gasteiger partial charge in [-0.2, -0.15) is 10.2 Å². The van der Waals surface area contributed by atoms with Gasteiger partial charge in [0.05, 0.1) is 34.3 Å². The summed E-state index contributed by atoms with van der Waals surface area (Å²) in [5, 5.41) is 35.9. The van der Waals surface area contributed by atoms with Gasteiger partial charge in [-0.05, 0) is 93.0 Å². The van der Waals surface area contributed by atoms with Gasteiger partial charge in [-0.25, -0.2) is 29.0 Å². The van der Waals surface area contributed by atoms with Crippen molar-refractivity contribution in [2.75, 3.05) is 30.3 Å². The van der Waals surface area contributed by atoms with Crippen molar-refractivity contribution in [2.45, 2.75) is 45.4 Å². The van der Waals surface area contributed by atoms with Crippen molar-refractivity contribution >= 4 is 89.0 Å². The average molecular weight is 802 g/mol. The molecule has 2 aliphatic carbocycles. The number of pyridine rings is 2. The van der Waals surface area contributed by atoms with E-state index in [1.807, 2.05) is 60.2 Å². The predicted molar refractivity (Wildman–Crippen MR) is 220 cm³/mol. The SMILES string of the molecule is CCN(CCO)C(=O)[C@H]1CCc2c(sc3ncnc(Nc4ccn5nccc5c4)c23)C1.O=C(O)[C@H]1CCc2c(sc3ncnc(Nc4ccn5nccc5c4)c23)C1. The molecule has 290 valence electrons. The number of aliphatic carboxylic acids is 1. The van der Waals surface area contributed by atoms with E-state index in [9.17, 15) is 19.8 Å². The maximum absolute atomic E-state index is 12.9. The molecular formula is C40H39N11O4S2. The van der Waals surface area contributed by atoms with Gasteiger partial charge in [0.2, 0.25) is 5.91 Å². The molecule has 0 bridgehead atoms. The number of likely N-dealkylation sites (N-methyl/N-ethyl adjacent to an activating group) is 1. The van der Waals surface area contributed by atoms with Crippen LogP contribution in [0.5, 0.6) is 0 Å². The minimum absolute atomic E-state index is 0.00383. The zero-order valence-electron chi connectivity index (χ0n) is 31.0. The molecule has 8 heterocycles. The van der Waals surface area contributed by atoms with E-state index in [1.165, 1.54) is 16.0 Å². The number of amides is 1. The average Bonchev–Trinajstić information content (AvgIpc) is 4.04. The van der Waals surface area contributed by atoms with Gasteiger partial charge in [-0.3, -0.25) is 9.59 Å². The summed E-state index contributed by atoms with van der Waals surface area (Å²) in [4.78, 5) is 48.1. The fourth-order valence-electron chi connectivity index (χ4n) is 7.91. The highest BCUT2D eigenvalue weighted by molar-refractivity contribution is 7.19. The van der Waals surface area contributed by atoms with Gasteiger partial charge in [0, 0.05) is 64.9 Å². The Hall–Kier alpha value is -6.04. The lowest BCUT2D eigenvalue weighted by molar-refractivity contribution is -0.142. The highest BCUT2D eigenvalue weighted by Gasteiger charge is 2.32. The standard InChI is InChI=1S/C22H24N6O2S.C18H15N5O2S/c1-2-27(9-10-29)22(30)14-3-4-17-18(11-14)31-21-19(17)20(23-13-24-21)26-15-6-8-28-16(12-15)5-7-25-28;24-18(25)10-1-2-13-14(7-10)26-17-15(13)16(19-9-20-17)22-11-4-6-23-12(8-11)3-5-21-23/h5-8,12-14,29H,2-4,9-11H2,1H3,(H,23,24,26);3-6,8-10H,1-2,7H2,(H,24,25)(H,19,20,22)/t14-;10-/m00/s1. The van der Waals surface area contributed by atoms with Gasteiger partial charge in [-0.1, -0.05) is 0 Å². The fraction of sp³-hybridized carbons (Fsp3) is 0.300. The Labute approximate surface area is 334 Å². The first-order valence-electron chi connectivity index (χ1n) is 18.9. The van der Waals surface area contributed by atoms with Crippen LogP contribution in [0.2, 0.25) is 0 Å². The summed E-state index contributed by atoms with van der Waals surface area (Å²) in [6.07, 6.45) is 14.8. The third-order valence-electron chi connectivity index (χ3n) is 10.8. The largest absolute Gasteiger partial charge is 0.481 e. The molecule has 17 heteroatoms. The van der Waals surface area contributed by atoms with E-state index in [0.717, 1.165) is 85.0 Å². The number of carboxylic acid groups (broad SMARTS) is 1. The van der Waals surface area contributed by atoms with E-state index < -0.39 is 5.97 Å². The molecule has 1 amide bonds. The second kappa shape index (κ2) is 15.5. The number of hydrogen-bond acceptors (Lipinski definition) is 13. The Morgan fingerprint density at radius 2 is 1.32 bits per heavy atom. The van der Waals surface area contributed by atoms with E-state index in [1.54, 1.807) is 57.1 Å². The van der Waals surface area contributed by atoms with Crippen LogP contribution in [-0.4, -0.2) is 85.8 Å². The highest BCUT2D eigenvalue weighted by atomic mass is 32.1. The van der Waals surface area contributed by atoms with Gasteiger partial charge >= 0.3 is 5.97 Å². The number of aliphatic hydroxyl groups excluding tert-OH is 1. The first-order chi connectivity index (χ1) is 27.9. The molecule has 0 radical (unpaired) electrons. The summed E-state index contributed by atoms with van der Waals surface area (Å²) >= 11 is 3.24. The van der Waals surface area contributed by atoms with Crippen LogP contribution in [-0.2, 0) is 35.3 Å². The Bertz CT molecular complexity index is 2770. The Morgan fingerprint density at radius 1 is 0.789 bits per heavy atom. The Morgan fingerprint density at radius 3 is 1.82 bits per heavy atom. The summed E-state index contributed by atoms with van der Waals surface area (Å²) in [5.74, 6) is 0.645. The number of thiophene rings is 2. The number of anilines is 4. The van der Waals surface area contributed by atoms with Crippen LogP contribution in [0, 0.1) is 11.8 Å². The third-order valence-corrected chi connectivity index (χ3v) is 13.1. The zero-order chi connectivity index (χ0) is 39.0. The number of carbonyl (C=O) groups excluding carboxylic acids is 1. The Kier molecular flexibility index (Phi) is 9.94. The van der Waals surface area contributed by atoms with E-state index in [2.05, 4.69) is 40.8 Å². The molecule has 8 aromatic rings. The molecule has 4 N–H and O–H groups in total. The quantitative estimate of drug-likeness (QED) is 0.128. The molecule has 15 nitrogen and oxygen atoms in total. The zero-order valence-corrected chi connectivity index (χ0v) is 32.6. The van der Waals surface area contributed by atoms with Crippen molar-refractivity contribution in [3.05, 3.63) is 94.7 Å². The molecule has 57 heavy (non-hydrogen) atoms. The highest BCUT2D eigenvalue weighted by Crippen LogP contribution is 2.42. The van der Waals surface area contributed by atoms with E-state index in [-0.39, 0.29) is 24.3 Å². The number of carbonyl (C=O) groups is 2. The lowest BCUT2D eigenvalue weighted by Gasteiger charge is -2.28. The minimum Gasteiger partial charge on any atom is -0.481 e. The second-order valence-electron chi connectivity index (χ2n) is 14.2. The summed E-state index contributed by atoms with van der Waals surface area (Å²) < 4.78 is 3.62. The second-order valence-corrected chi connectivity index (χ2v) is 16.3. The van der Waals surface area contributed by atoms with E-state index in [0.29, 0.717) is 25.9 Å². The number of aromatic nitrogens is 8. The number of carboxylic acids is 1. The normalized spacial score (nSPS) is 16.2. The van der Waals surface area contributed by atoms with Gasteiger partial charge in [0.1, 0.15) is 34.0 Å². The van der Waals surface area contributed by atoms with Crippen LogP contribution >= 0.6 is 22.7 Å². The lowest BCUT2D eigenvalue weighted by atomic mass is 9.87. The molecule has 2 aliphatic rings. The van der Waals surface area contributed by atoms with Gasteiger partial charge in [0.25, 0.3) is 0 Å². The maximum Gasteiger partial charge on any atom is 0.306 e. The molecule has 8 aromatic heterocycles. The molecule has 0 saturated heterocycles. The van der Waals surface area contributed by atoms with Gasteiger partial charge < -0.3 is 25.7 Å². The van der Waals surface area contributed by atoms with Crippen LogP contribution in [0.25, 0.3) is 31.5 Å². The van der Waals surface area contributed by atoms with Crippen molar-refractivity contribution in [1.29, 1.82) is 0 Å². The number of aryl methyl sites for hydroxylation is 2. The summed E-state index contributed by atoms with van der Waals surface area (Å²) in [6.45, 7) is 2.97. The predicted octanol–water partition coefficient (Wildman–Crippen LogP) is 6.30. The van der Waals surface area contributed by atoms with Crippen molar-refractivity contribution in [3.63, 3.8) is 0 Å². The number of fused-ring (bicyclic) bond motifs is 8. The topological polar surface area (TPSA) is 188 Å². The van der Waals surface area contributed by atoms with Crippen LogP contribution in [0.4, 0.5) is 23.0 Å². The number of hydrogen-bond donors (Lipinski definition) is 4. The number of nitrogens with zero attached hydrogens (tertiary/aromatic N) is 9. The summed E-state index contributed by atoms with van der Waals surface area (Å²) in [5.41, 5.74) is 6.32. The fourth-order valence-corrected chi connectivity index (χ4v) is 10.4. The van der Waals surface area contributed by atoms with Crippen molar-refractivity contribution in [2.24, 2.45) is 11.8 Å². The summed E-state index contributed by atoms with van der Waals surface area (Å²) in [7, 11) is 0. The van der Waals surface area contributed by atoms with E-state index >= 15 is 0 Å². The number of nitrogens with one attached hydrogen (secondary N) is 2.